The number of carbonyl (C=O) groups excluding carboxylic acids is 2. The van der Waals surface area contributed by atoms with Crippen molar-refractivity contribution < 1.29 is 22.7 Å². The molecular weight excluding hydrogens is 585 g/mol. The smallest absolute Gasteiger partial charge is 0.244 e. The monoisotopic (exact) mass is 619 g/mol. The molecule has 3 rings (SSSR count). The van der Waals surface area contributed by atoms with Gasteiger partial charge in [-0.15, -0.1) is 0 Å². The molecule has 1 unspecified atom stereocenters. The lowest BCUT2D eigenvalue weighted by Crippen LogP contribution is -2.56. The summed E-state index contributed by atoms with van der Waals surface area (Å²) in [4.78, 5) is 29.3. The fourth-order valence-corrected chi connectivity index (χ4v) is 5.54. The molecule has 0 fully saturated rings. The van der Waals surface area contributed by atoms with Crippen molar-refractivity contribution in [3.63, 3.8) is 0 Å². The summed E-state index contributed by atoms with van der Waals surface area (Å²) in [6.07, 6.45) is 1.19. The number of rotatable bonds is 11. The second kappa shape index (κ2) is 13.6. The summed E-state index contributed by atoms with van der Waals surface area (Å²) in [6, 6.07) is 19.9. The zero-order valence-electron chi connectivity index (χ0n) is 23.7. The van der Waals surface area contributed by atoms with E-state index in [1.165, 1.54) is 30.2 Å². The quantitative estimate of drug-likeness (QED) is 0.313. The molecule has 3 aromatic carbocycles. The van der Waals surface area contributed by atoms with Crippen LogP contribution >= 0.6 is 23.2 Å². The van der Waals surface area contributed by atoms with E-state index in [2.05, 4.69) is 5.32 Å². The summed E-state index contributed by atoms with van der Waals surface area (Å²) in [5, 5.41) is 3.35. The number of benzene rings is 3. The maximum atomic E-state index is 14.2. The first-order valence-electron chi connectivity index (χ1n) is 12.9. The maximum Gasteiger partial charge on any atom is 0.244 e. The van der Waals surface area contributed by atoms with Crippen LogP contribution in [0, 0.1) is 0 Å². The lowest BCUT2D eigenvalue weighted by Gasteiger charge is -2.35. The molecule has 41 heavy (non-hydrogen) atoms. The van der Waals surface area contributed by atoms with Gasteiger partial charge in [0.15, 0.2) is 0 Å². The Morgan fingerprint density at radius 1 is 0.951 bits per heavy atom. The van der Waals surface area contributed by atoms with E-state index in [0.29, 0.717) is 11.3 Å². The lowest BCUT2D eigenvalue weighted by molar-refractivity contribution is -0.140. The molecule has 220 valence electrons. The zero-order valence-corrected chi connectivity index (χ0v) is 26.1. The summed E-state index contributed by atoms with van der Waals surface area (Å²) in [6.45, 7) is 4.98. The van der Waals surface area contributed by atoms with Gasteiger partial charge in [0.1, 0.15) is 18.3 Å². The van der Waals surface area contributed by atoms with Gasteiger partial charge in [-0.25, -0.2) is 8.42 Å². The minimum atomic E-state index is -3.98. The van der Waals surface area contributed by atoms with E-state index < -0.39 is 34.1 Å². The molecule has 3 aromatic rings. The third-order valence-electron chi connectivity index (χ3n) is 6.11. The Hall–Kier alpha value is -3.27. The third-order valence-corrected chi connectivity index (χ3v) is 7.79. The van der Waals surface area contributed by atoms with Gasteiger partial charge >= 0.3 is 0 Å². The summed E-state index contributed by atoms with van der Waals surface area (Å²) in [5.41, 5.74) is 1.02. The van der Waals surface area contributed by atoms with Gasteiger partial charge in [0.05, 0.1) is 24.1 Å². The first-order valence-corrected chi connectivity index (χ1v) is 15.5. The molecule has 0 aromatic heterocycles. The molecule has 0 aliphatic heterocycles. The molecule has 0 aliphatic carbocycles. The fraction of sp³-hybridized carbons (Fsp3) is 0.333. The maximum absolute atomic E-state index is 14.2. The van der Waals surface area contributed by atoms with Crippen molar-refractivity contribution in [2.24, 2.45) is 0 Å². The van der Waals surface area contributed by atoms with Crippen LogP contribution in [-0.2, 0) is 32.6 Å². The highest BCUT2D eigenvalue weighted by Crippen LogP contribution is 2.31. The number of ether oxygens (including phenoxy) is 1. The molecule has 1 N–H and O–H groups in total. The molecule has 11 heteroatoms. The van der Waals surface area contributed by atoms with Crippen LogP contribution in [0.1, 0.15) is 31.9 Å². The van der Waals surface area contributed by atoms with Crippen molar-refractivity contribution in [1.82, 2.24) is 10.2 Å². The number of hydrogen-bond donors (Lipinski definition) is 1. The van der Waals surface area contributed by atoms with Crippen molar-refractivity contribution in [3.05, 3.63) is 94.0 Å². The Balaban J connectivity index is 2.11. The summed E-state index contributed by atoms with van der Waals surface area (Å²) < 4.78 is 32.1. The number of nitrogens with one attached hydrogen (secondary N) is 1. The summed E-state index contributed by atoms with van der Waals surface area (Å²) in [5.74, 6) is -0.388. The van der Waals surface area contributed by atoms with Gasteiger partial charge in [0.25, 0.3) is 0 Å². The summed E-state index contributed by atoms with van der Waals surface area (Å²) in [7, 11) is -2.44. The molecule has 1 atom stereocenters. The first kappa shape index (κ1) is 32.2. The van der Waals surface area contributed by atoms with E-state index in [9.17, 15) is 18.0 Å². The van der Waals surface area contributed by atoms with Crippen molar-refractivity contribution in [2.45, 2.75) is 45.3 Å². The van der Waals surface area contributed by atoms with E-state index in [1.54, 1.807) is 18.2 Å². The van der Waals surface area contributed by atoms with Crippen LogP contribution in [0.3, 0.4) is 0 Å². The van der Waals surface area contributed by atoms with Crippen LogP contribution in [0.15, 0.2) is 72.8 Å². The standard InChI is InChI=1S/C30H35Cl2N3O5S/c1-30(2,3)33-29(37)27(17-21-10-7-6-8-11-21)34(19-22-12-9-13-24(16-22)40-4)28(36)20-35(41(5,38)39)26-18-23(31)14-15-25(26)32/h6-16,18,27H,17,19-20H2,1-5H3,(H,33,37). The van der Waals surface area contributed by atoms with Gasteiger partial charge in [-0.05, 0) is 62.2 Å². The third kappa shape index (κ3) is 9.38. The molecule has 0 radical (unpaired) electrons. The molecule has 0 bridgehead atoms. The zero-order chi connectivity index (χ0) is 30.4. The average Bonchev–Trinajstić information content (AvgIpc) is 2.89. The topological polar surface area (TPSA) is 96.0 Å². The van der Waals surface area contributed by atoms with Crippen molar-refractivity contribution in [3.8, 4) is 5.75 Å². The Labute approximate surface area is 252 Å². The molecule has 8 nitrogen and oxygen atoms in total. The number of amides is 2. The van der Waals surface area contributed by atoms with Crippen LogP contribution in [0.2, 0.25) is 10.0 Å². The molecule has 0 saturated carbocycles. The SMILES string of the molecule is COc1cccc(CN(C(=O)CN(c2cc(Cl)ccc2Cl)S(C)(=O)=O)C(Cc2ccccc2)C(=O)NC(C)(C)C)c1. The van der Waals surface area contributed by atoms with Crippen LogP contribution in [0.25, 0.3) is 0 Å². The number of halogens is 2. The van der Waals surface area contributed by atoms with E-state index in [4.69, 9.17) is 27.9 Å². The van der Waals surface area contributed by atoms with Gasteiger partial charge in [-0.2, -0.15) is 0 Å². The lowest BCUT2D eigenvalue weighted by atomic mass is 10.0. The van der Waals surface area contributed by atoms with Gasteiger partial charge in [-0.1, -0.05) is 65.7 Å². The van der Waals surface area contributed by atoms with Crippen LogP contribution in [0.5, 0.6) is 5.75 Å². The number of carbonyl (C=O) groups is 2. The molecule has 0 heterocycles. The van der Waals surface area contributed by atoms with Crippen LogP contribution < -0.4 is 14.4 Å². The van der Waals surface area contributed by atoms with E-state index in [-0.39, 0.29) is 34.6 Å². The van der Waals surface area contributed by atoms with Crippen LogP contribution in [0.4, 0.5) is 5.69 Å². The second-order valence-corrected chi connectivity index (χ2v) is 13.4. The van der Waals surface area contributed by atoms with Gasteiger partial charge < -0.3 is 15.0 Å². The first-order chi connectivity index (χ1) is 19.2. The number of anilines is 1. The van der Waals surface area contributed by atoms with E-state index in [1.807, 2.05) is 57.2 Å². The molecule has 0 saturated heterocycles. The van der Waals surface area contributed by atoms with Crippen molar-refractivity contribution in [2.75, 3.05) is 24.2 Å². The Morgan fingerprint density at radius 2 is 1.61 bits per heavy atom. The predicted octanol–water partition coefficient (Wildman–Crippen LogP) is 5.32. The number of hydrogen-bond acceptors (Lipinski definition) is 5. The van der Waals surface area contributed by atoms with Gasteiger partial charge in [-0.3, -0.25) is 13.9 Å². The number of sulfonamides is 1. The van der Waals surface area contributed by atoms with Crippen molar-refractivity contribution in [1.29, 1.82) is 0 Å². The minimum absolute atomic E-state index is 0.0198. The molecular formula is C30H35Cl2N3O5S. The summed E-state index contributed by atoms with van der Waals surface area (Å²) >= 11 is 12.5. The largest absolute Gasteiger partial charge is 0.497 e. The van der Waals surface area contributed by atoms with Crippen molar-refractivity contribution >= 4 is 50.7 Å². The molecule has 2 amide bonds. The Bertz CT molecular complexity index is 1480. The van der Waals surface area contributed by atoms with Crippen LogP contribution in [-0.4, -0.2) is 56.6 Å². The van der Waals surface area contributed by atoms with E-state index >= 15 is 0 Å². The Kier molecular flexibility index (Phi) is 10.7. The number of nitrogens with zero attached hydrogens (tertiary/aromatic N) is 2. The molecule has 0 aliphatic rings. The van der Waals surface area contributed by atoms with Gasteiger partial charge in [0.2, 0.25) is 21.8 Å². The highest BCUT2D eigenvalue weighted by molar-refractivity contribution is 7.92. The fourth-order valence-electron chi connectivity index (χ4n) is 4.25. The second-order valence-electron chi connectivity index (χ2n) is 10.7. The van der Waals surface area contributed by atoms with Gasteiger partial charge in [0, 0.05) is 23.5 Å². The average molecular weight is 621 g/mol. The normalized spacial score (nSPS) is 12.4. The number of methoxy groups -OCH3 is 1. The van der Waals surface area contributed by atoms with E-state index in [0.717, 1.165) is 16.1 Å². The Morgan fingerprint density at radius 3 is 2.22 bits per heavy atom. The molecule has 0 spiro atoms. The highest BCUT2D eigenvalue weighted by atomic mass is 35.5. The predicted molar refractivity (Wildman–Crippen MR) is 164 cm³/mol. The minimum Gasteiger partial charge on any atom is -0.497 e. The highest BCUT2D eigenvalue weighted by Gasteiger charge is 2.34.